The van der Waals surface area contributed by atoms with Gasteiger partial charge in [0.2, 0.25) is 0 Å². The Morgan fingerprint density at radius 2 is 1.84 bits per heavy atom. The van der Waals surface area contributed by atoms with E-state index in [0.29, 0.717) is 6.54 Å². The lowest BCUT2D eigenvalue weighted by atomic mass is 10.2. The van der Waals surface area contributed by atoms with Crippen LogP contribution in [0.25, 0.3) is 0 Å². The summed E-state index contributed by atoms with van der Waals surface area (Å²) in [5, 5.41) is 2.55. The van der Waals surface area contributed by atoms with Gasteiger partial charge in [0.1, 0.15) is 5.75 Å². The van der Waals surface area contributed by atoms with Crippen LogP contribution in [0, 0.1) is 11.6 Å². The maximum Gasteiger partial charge on any atom is 0.261 e. The van der Waals surface area contributed by atoms with Crippen molar-refractivity contribution in [3.05, 3.63) is 53.6 Å². The Bertz CT molecular complexity index is 901. The first-order valence-electron chi connectivity index (χ1n) is 7.22. The fourth-order valence-corrected chi connectivity index (χ4v) is 3.14. The fraction of sp³-hybridized carbons (Fsp3) is 0.188. The van der Waals surface area contributed by atoms with Crippen LogP contribution in [0.5, 0.6) is 5.75 Å². The van der Waals surface area contributed by atoms with Crippen LogP contribution in [-0.4, -0.2) is 28.0 Å². The van der Waals surface area contributed by atoms with Crippen LogP contribution in [0.15, 0.2) is 41.3 Å². The van der Waals surface area contributed by atoms with Crippen molar-refractivity contribution in [3.63, 3.8) is 0 Å². The number of sulfonamides is 1. The molecule has 1 amide bonds. The number of amides is 1. The predicted octanol–water partition coefficient (Wildman–Crippen LogP) is 2.52. The average Bonchev–Trinajstić information content (AvgIpc) is 2.57. The number of carbonyl (C=O) groups excluding carboxylic acids is 1. The normalized spacial score (nSPS) is 11.0. The maximum atomic E-state index is 13.2. The van der Waals surface area contributed by atoms with Gasteiger partial charge in [0.25, 0.3) is 15.9 Å². The molecule has 0 saturated carbocycles. The topological polar surface area (TPSA) is 84.5 Å². The number of anilines is 1. The SMILES string of the molecule is CCNC(=O)c1cc(S(=O)(=O)Nc2ccc(F)c(F)c2)ccc1OC. The minimum absolute atomic E-state index is 0.0394. The molecule has 2 aromatic rings. The Hall–Kier alpha value is -2.68. The van der Waals surface area contributed by atoms with E-state index in [-0.39, 0.29) is 21.9 Å². The predicted molar refractivity (Wildman–Crippen MR) is 88.2 cm³/mol. The Labute approximate surface area is 143 Å². The second-order valence-corrected chi connectivity index (χ2v) is 6.64. The molecule has 0 unspecified atom stereocenters. The molecule has 134 valence electrons. The van der Waals surface area contributed by atoms with Gasteiger partial charge < -0.3 is 10.1 Å². The minimum atomic E-state index is -4.11. The van der Waals surface area contributed by atoms with Crippen molar-refractivity contribution in [2.24, 2.45) is 0 Å². The van der Waals surface area contributed by atoms with Crippen molar-refractivity contribution >= 4 is 21.6 Å². The largest absolute Gasteiger partial charge is 0.496 e. The molecule has 2 rings (SSSR count). The Morgan fingerprint density at radius 1 is 1.12 bits per heavy atom. The number of ether oxygens (including phenoxy) is 1. The molecule has 2 aromatic carbocycles. The third-order valence-corrected chi connectivity index (χ3v) is 4.61. The summed E-state index contributed by atoms with van der Waals surface area (Å²) >= 11 is 0. The summed E-state index contributed by atoms with van der Waals surface area (Å²) in [5.74, 6) is -2.56. The maximum absolute atomic E-state index is 13.2. The standard InChI is InChI=1S/C16H16F2N2O4S/c1-3-19-16(21)12-9-11(5-7-15(12)24-2)25(22,23)20-10-4-6-13(17)14(18)8-10/h4-9,20H,3H2,1-2H3,(H,19,21). The molecule has 0 aliphatic carbocycles. The Balaban J connectivity index is 2.40. The van der Waals surface area contributed by atoms with Crippen molar-refractivity contribution in [1.29, 1.82) is 0 Å². The van der Waals surface area contributed by atoms with Crippen LogP contribution < -0.4 is 14.8 Å². The van der Waals surface area contributed by atoms with E-state index in [1.807, 2.05) is 0 Å². The molecular weight excluding hydrogens is 354 g/mol. The number of hydrogen-bond donors (Lipinski definition) is 2. The summed E-state index contributed by atoms with van der Waals surface area (Å²) < 4.78 is 58.2. The molecule has 0 spiro atoms. The average molecular weight is 370 g/mol. The van der Waals surface area contributed by atoms with Gasteiger partial charge in [-0.3, -0.25) is 9.52 Å². The highest BCUT2D eigenvalue weighted by Crippen LogP contribution is 2.24. The molecule has 0 atom stereocenters. The summed E-state index contributed by atoms with van der Waals surface area (Å²) in [7, 11) is -2.76. The van der Waals surface area contributed by atoms with Crippen molar-refractivity contribution in [1.82, 2.24) is 5.32 Å². The number of benzene rings is 2. The lowest BCUT2D eigenvalue weighted by Gasteiger charge is -2.12. The van der Waals surface area contributed by atoms with Crippen molar-refractivity contribution < 1.29 is 26.7 Å². The van der Waals surface area contributed by atoms with E-state index in [4.69, 9.17) is 4.74 Å². The summed E-state index contributed by atoms with van der Waals surface area (Å²) in [6.45, 7) is 2.07. The lowest BCUT2D eigenvalue weighted by Crippen LogP contribution is -2.24. The minimum Gasteiger partial charge on any atom is -0.496 e. The first kappa shape index (κ1) is 18.7. The molecule has 25 heavy (non-hydrogen) atoms. The number of carbonyl (C=O) groups is 1. The number of methoxy groups -OCH3 is 1. The zero-order valence-corrected chi connectivity index (χ0v) is 14.3. The summed E-state index contributed by atoms with van der Waals surface area (Å²) in [6, 6.07) is 6.34. The summed E-state index contributed by atoms with van der Waals surface area (Å²) in [5.41, 5.74) is -0.105. The van der Waals surface area contributed by atoms with Crippen LogP contribution >= 0.6 is 0 Å². The van der Waals surface area contributed by atoms with Gasteiger partial charge >= 0.3 is 0 Å². The highest BCUT2D eigenvalue weighted by molar-refractivity contribution is 7.92. The molecule has 0 aliphatic heterocycles. The first-order chi connectivity index (χ1) is 11.8. The summed E-state index contributed by atoms with van der Waals surface area (Å²) in [4.78, 5) is 11.8. The molecule has 0 saturated heterocycles. The van der Waals surface area contributed by atoms with Crippen LogP contribution in [0.4, 0.5) is 14.5 Å². The molecule has 0 fully saturated rings. The van der Waals surface area contributed by atoms with Gasteiger partial charge in [-0.05, 0) is 37.3 Å². The molecule has 0 aromatic heterocycles. The van der Waals surface area contributed by atoms with Gasteiger partial charge in [-0.1, -0.05) is 0 Å². The van der Waals surface area contributed by atoms with Crippen LogP contribution in [0.2, 0.25) is 0 Å². The zero-order chi connectivity index (χ0) is 18.6. The molecular formula is C16H16F2N2O4S. The van der Waals surface area contributed by atoms with E-state index in [1.54, 1.807) is 6.92 Å². The molecule has 2 N–H and O–H groups in total. The molecule has 6 nitrogen and oxygen atoms in total. The highest BCUT2D eigenvalue weighted by atomic mass is 32.2. The van der Waals surface area contributed by atoms with Gasteiger partial charge in [-0.25, -0.2) is 17.2 Å². The van der Waals surface area contributed by atoms with E-state index in [1.165, 1.54) is 19.2 Å². The van der Waals surface area contributed by atoms with E-state index in [9.17, 15) is 22.0 Å². The highest BCUT2D eigenvalue weighted by Gasteiger charge is 2.20. The monoisotopic (exact) mass is 370 g/mol. The lowest BCUT2D eigenvalue weighted by molar-refractivity contribution is 0.0952. The van der Waals surface area contributed by atoms with Crippen molar-refractivity contribution in [3.8, 4) is 5.75 Å². The zero-order valence-electron chi connectivity index (χ0n) is 13.5. The smallest absolute Gasteiger partial charge is 0.261 e. The quantitative estimate of drug-likeness (QED) is 0.818. The van der Waals surface area contributed by atoms with E-state index < -0.39 is 27.6 Å². The second kappa shape index (κ2) is 7.47. The molecule has 0 radical (unpaired) electrons. The van der Waals surface area contributed by atoms with Crippen LogP contribution in [0.3, 0.4) is 0 Å². The van der Waals surface area contributed by atoms with Gasteiger partial charge in [-0.2, -0.15) is 0 Å². The van der Waals surface area contributed by atoms with Crippen LogP contribution in [-0.2, 0) is 10.0 Å². The molecule has 0 aliphatic rings. The third kappa shape index (κ3) is 4.24. The number of nitrogens with one attached hydrogen (secondary N) is 2. The van der Waals surface area contributed by atoms with Crippen molar-refractivity contribution in [2.75, 3.05) is 18.4 Å². The molecule has 0 bridgehead atoms. The second-order valence-electron chi connectivity index (χ2n) is 4.96. The van der Waals surface area contributed by atoms with E-state index >= 15 is 0 Å². The van der Waals surface area contributed by atoms with Gasteiger partial charge in [-0.15, -0.1) is 0 Å². The fourth-order valence-electron chi connectivity index (χ4n) is 2.06. The number of hydrogen-bond acceptors (Lipinski definition) is 4. The third-order valence-electron chi connectivity index (χ3n) is 3.24. The molecule has 0 heterocycles. The van der Waals surface area contributed by atoms with E-state index in [0.717, 1.165) is 24.3 Å². The van der Waals surface area contributed by atoms with Crippen molar-refractivity contribution in [2.45, 2.75) is 11.8 Å². The van der Waals surface area contributed by atoms with E-state index in [2.05, 4.69) is 10.0 Å². The first-order valence-corrected chi connectivity index (χ1v) is 8.71. The van der Waals surface area contributed by atoms with Gasteiger partial charge in [0, 0.05) is 12.6 Å². The molecule has 9 heteroatoms. The van der Waals surface area contributed by atoms with Gasteiger partial charge in [0.05, 0.1) is 23.3 Å². The number of halogens is 2. The summed E-state index contributed by atoms with van der Waals surface area (Å²) in [6.07, 6.45) is 0. The van der Waals surface area contributed by atoms with Gasteiger partial charge in [0.15, 0.2) is 11.6 Å². The Morgan fingerprint density at radius 3 is 2.44 bits per heavy atom. The number of rotatable bonds is 6. The Kier molecular flexibility index (Phi) is 5.58. The van der Waals surface area contributed by atoms with Crippen LogP contribution in [0.1, 0.15) is 17.3 Å².